The van der Waals surface area contributed by atoms with E-state index in [0.29, 0.717) is 12.8 Å². The molecule has 0 aromatic carbocycles. The van der Waals surface area contributed by atoms with Crippen LogP contribution in [0.2, 0.25) is 0 Å². The quantitative estimate of drug-likeness (QED) is 0.744. The number of nitrogens with two attached hydrogens (primary N) is 1. The van der Waals surface area contributed by atoms with Crippen LogP contribution in [0.3, 0.4) is 0 Å². The number of alkyl carbamates (subject to hydrolysis) is 1. The lowest BCUT2D eigenvalue weighted by atomic mass is 9.89. The minimum Gasteiger partial charge on any atom is -0.446 e. The van der Waals surface area contributed by atoms with Crippen molar-refractivity contribution in [2.45, 2.75) is 51.4 Å². The number of primary amides is 1. The fourth-order valence-corrected chi connectivity index (χ4v) is 1.42. The first-order chi connectivity index (χ1) is 7.26. The summed E-state index contributed by atoms with van der Waals surface area (Å²) in [6.07, 6.45) is -0.238. The van der Waals surface area contributed by atoms with Crippen molar-refractivity contribution in [3.8, 4) is 0 Å². The Labute approximate surface area is 94.5 Å². The second-order valence-corrected chi connectivity index (χ2v) is 4.87. The van der Waals surface area contributed by atoms with Gasteiger partial charge in [-0.1, -0.05) is 0 Å². The van der Waals surface area contributed by atoms with Gasteiger partial charge in [-0.3, -0.25) is 0 Å². The molecule has 0 spiro atoms. The Morgan fingerprint density at radius 3 is 2.31 bits per heavy atom. The van der Waals surface area contributed by atoms with Crippen LogP contribution in [-0.2, 0) is 9.47 Å². The lowest BCUT2D eigenvalue weighted by Gasteiger charge is -2.34. The van der Waals surface area contributed by atoms with E-state index in [-0.39, 0.29) is 12.1 Å². The highest BCUT2D eigenvalue weighted by Crippen LogP contribution is 2.23. The molecule has 0 unspecified atom stereocenters. The largest absolute Gasteiger partial charge is 0.446 e. The van der Waals surface area contributed by atoms with Crippen molar-refractivity contribution in [2.75, 3.05) is 0 Å². The molecule has 0 aromatic rings. The number of rotatable bonds is 2. The summed E-state index contributed by atoms with van der Waals surface area (Å²) in [5.74, 6) is 0. The highest BCUT2D eigenvalue weighted by Gasteiger charge is 2.33. The van der Waals surface area contributed by atoms with E-state index >= 15 is 0 Å². The Morgan fingerprint density at radius 1 is 1.31 bits per heavy atom. The van der Waals surface area contributed by atoms with Gasteiger partial charge in [0.2, 0.25) is 0 Å². The molecule has 1 aliphatic rings. The third kappa shape index (κ3) is 4.37. The Hall–Kier alpha value is -1.46. The van der Waals surface area contributed by atoms with Gasteiger partial charge in [0.25, 0.3) is 0 Å². The molecular weight excluding hydrogens is 212 g/mol. The summed E-state index contributed by atoms with van der Waals surface area (Å²) >= 11 is 0. The Kier molecular flexibility index (Phi) is 3.62. The molecule has 0 aliphatic heterocycles. The van der Waals surface area contributed by atoms with Gasteiger partial charge >= 0.3 is 12.2 Å². The summed E-state index contributed by atoms with van der Waals surface area (Å²) in [5.41, 5.74) is 4.36. The molecule has 1 rings (SSSR count). The monoisotopic (exact) mass is 230 g/mol. The topological polar surface area (TPSA) is 90.7 Å². The number of carbonyl (C=O) groups is 2. The molecule has 1 aliphatic carbocycles. The lowest BCUT2D eigenvalue weighted by Crippen LogP contribution is -2.50. The zero-order valence-corrected chi connectivity index (χ0v) is 9.78. The normalized spacial score (nSPS) is 24.2. The van der Waals surface area contributed by atoms with Gasteiger partial charge in [-0.15, -0.1) is 0 Å². The van der Waals surface area contributed by atoms with Gasteiger partial charge in [-0.25, -0.2) is 9.59 Å². The maximum atomic E-state index is 11.3. The number of nitrogens with one attached hydrogen (secondary N) is 1. The van der Waals surface area contributed by atoms with Gasteiger partial charge in [0.1, 0.15) is 11.7 Å². The fraction of sp³-hybridized carbons (Fsp3) is 0.800. The van der Waals surface area contributed by atoms with Crippen molar-refractivity contribution in [3.63, 3.8) is 0 Å². The van der Waals surface area contributed by atoms with Gasteiger partial charge in [0.05, 0.1) is 0 Å². The fourth-order valence-electron chi connectivity index (χ4n) is 1.42. The number of hydrogen-bond donors (Lipinski definition) is 2. The van der Waals surface area contributed by atoms with Crippen LogP contribution in [-0.4, -0.2) is 29.9 Å². The number of ether oxygens (including phenoxy) is 2. The minimum absolute atomic E-state index is 0.000741. The van der Waals surface area contributed by atoms with Crippen molar-refractivity contribution in [2.24, 2.45) is 5.73 Å². The molecule has 0 radical (unpaired) electrons. The smallest absolute Gasteiger partial charge is 0.407 e. The number of carbonyl (C=O) groups excluding carboxylic acids is 2. The Morgan fingerprint density at radius 2 is 1.88 bits per heavy atom. The molecular formula is C10H18N2O4. The van der Waals surface area contributed by atoms with Crippen molar-refractivity contribution < 1.29 is 19.1 Å². The molecule has 2 amide bonds. The van der Waals surface area contributed by atoms with E-state index in [1.165, 1.54) is 0 Å². The average molecular weight is 230 g/mol. The average Bonchev–Trinajstić information content (AvgIpc) is 1.95. The van der Waals surface area contributed by atoms with Gasteiger partial charge in [-0.2, -0.15) is 0 Å². The van der Waals surface area contributed by atoms with Crippen molar-refractivity contribution in [1.82, 2.24) is 5.32 Å². The van der Waals surface area contributed by atoms with Gasteiger partial charge in [0, 0.05) is 18.9 Å². The van der Waals surface area contributed by atoms with Crippen molar-refractivity contribution in [1.29, 1.82) is 0 Å². The second kappa shape index (κ2) is 4.59. The lowest BCUT2D eigenvalue weighted by molar-refractivity contribution is 0.0218. The van der Waals surface area contributed by atoms with E-state index in [1.54, 1.807) is 20.8 Å². The molecule has 92 valence electrons. The molecule has 0 heterocycles. The van der Waals surface area contributed by atoms with Gasteiger partial charge < -0.3 is 20.5 Å². The molecule has 6 nitrogen and oxygen atoms in total. The van der Waals surface area contributed by atoms with E-state index in [4.69, 9.17) is 15.2 Å². The minimum atomic E-state index is -0.777. The van der Waals surface area contributed by atoms with Crippen molar-refractivity contribution in [3.05, 3.63) is 0 Å². The first-order valence-electron chi connectivity index (χ1n) is 5.22. The van der Waals surface area contributed by atoms with E-state index < -0.39 is 17.8 Å². The summed E-state index contributed by atoms with van der Waals surface area (Å²) < 4.78 is 9.82. The first-order valence-corrected chi connectivity index (χ1v) is 5.22. The maximum Gasteiger partial charge on any atom is 0.407 e. The predicted octanol–water partition coefficient (Wildman–Crippen LogP) is 1.14. The van der Waals surface area contributed by atoms with Crippen LogP contribution in [0.1, 0.15) is 33.6 Å². The van der Waals surface area contributed by atoms with Crippen LogP contribution in [0.4, 0.5) is 9.59 Å². The van der Waals surface area contributed by atoms with Crippen LogP contribution >= 0.6 is 0 Å². The van der Waals surface area contributed by atoms with E-state index in [1.807, 2.05) is 0 Å². The molecule has 0 aromatic heterocycles. The summed E-state index contributed by atoms with van der Waals surface area (Å²) in [6, 6.07) is -0.000741. The first kappa shape index (κ1) is 12.6. The predicted molar refractivity (Wildman–Crippen MR) is 56.8 cm³/mol. The highest BCUT2D eigenvalue weighted by molar-refractivity contribution is 5.68. The van der Waals surface area contributed by atoms with Gasteiger partial charge in [-0.05, 0) is 20.8 Å². The maximum absolute atomic E-state index is 11.3. The van der Waals surface area contributed by atoms with E-state index in [0.717, 1.165) is 0 Å². The zero-order valence-electron chi connectivity index (χ0n) is 9.78. The molecule has 1 saturated carbocycles. The zero-order chi connectivity index (χ0) is 12.3. The number of hydrogen-bond acceptors (Lipinski definition) is 4. The highest BCUT2D eigenvalue weighted by atomic mass is 16.6. The molecule has 0 atom stereocenters. The Bertz CT molecular complexity index is 279. The third-order valence-electron chi connectivity index (χ3n) is 2.10. The SMILES string of the molecule is CC(C)(C)OC(=O)N[C@H]1C[C@@H](OC(N)=O)C1. The van der Waals surface area contributed by atoms with Crippen molar-refractivity contribution >= 4 is 12.2 Å². The molecule has 16 heavy (non-hydrogen) atoms. The molecule has 1 fully saturated rings. The molecule has 6 heteroatoms. The van der Waals surface area contributed by atoms with Gasteiger partial charge in [0.15, 0.2) is 0 Å². The second-order valence-electron chi connectivity index (χ2n) is 4.87. The van der Waals surface area contributed by atoms with Crippen LogP contribution in [0, 0.1) is 0 Å². The van der Waals surface area contributed by atoms with Crippen LogP contribution in [0.5, 0.6) is 0 Å². The summed E-state index contributed by atoms with van der Waals surface area (Å²) in [7, 11) is 0. The van der Waals surface area contributed by atoms with Crippen LogP contribution < -0.4 is 11.1 Å². The summed E-state index contributed by atoms with van der Waals surface area (Å²) in [5, 5.41) is 2.68. The molecule has 3 N–H and O–H groups in total. The Balaban J connectivity index is 2.17. The van der Waals surface area contributed by atoms with E-state index in [2.05, 4.69) is 5.32 Å². The van der Waals surface area contributed by atoms with E-state index in [9.17, 15) is 9.59 Å². The molecule has 0 saturated heterocycles. The van der Waals surface area contributed by atoms with Crippen LogP contribution in [0.25, 0.3) is 0 Å². The summed E-state index contributed by atoms with van der Waals surface area (Å²) in [4.78, 5) is 21.7. The number of amides is 2. The molecule has 0 bridgehead atoms. The standard InChI is InChI=1S/C10H18N2O4/c1-10(2,3)16-9(14)12-6-4-7(5-6)15-8(11)13/h6-7H,4-5H2,1-3H3,(H2,11,13)(H,12,14)/t6-,7+. The summed E-state index contributed by atoms with van der Waals surface area (Å²) in [6.45, 7) is 5.39. The third-order valence-corrected chi connectivity index (χ3v) is 2.10. The van der Waals surface area contributed by atoms with Crippen LogP contribution in [0.15, 0.2) is 0 Å².